The molecule has 19 heavy (non-hydrogen) atoms. The van der Waals surface area contributed by atoms with E-state index in [9.17, 15) is 5.11 Å². The Morgan fingerprint density at radius 1 is 1.21 bits per heavy atom. The lowest BCUT2D eigenvalue weighted by Crippen LogP contribution is -2.41. The van der Waals surface area contributed by atoms with Crippen molar-refractivity contribution in [3.8, 4) is 5.75 Å². The molecule has 0 radical (unpaired) electrons. The maximum atomic E-state index is 9.33. The first-order valence-electron chi connectivity index (χ1n) is 7.68. The van der Waals surface area contributed by atoms with Crippen molar-refractivity contribution in [1.29, 1.82) is 0 Å². The van der Waals surface area contributed by atoms with Gasteiger partial charge in [0.1, 0.15) is 5.75 Å². The molecule has 1 saturated carbocycles. The number of hydrogen-bond acceptors (Lipinski definition) is 2. The normalized spacial score (nSPS) is 28.0. The molecule has 0 amide bonds. The fourth-order valence-electron chi connectivity index (χ4n) is 3.40. The van der Waals surface area contributed by atoms with Gasteiger partial charge in [-0.15, -0.1) is 0 Å². The summed E-state index contributed by atoms with van der Waals surface area (Å²) in [6, 6.07) is 7.52. The number of nitrogens with two attached hydrogens (primary N) is 1. The monoisotopic (exact) mass is 261 g/mol. The zero-order valence-corrected chi connectivity index (χ0v) is 12.1. The van der Waals surface area contributed by atoms with Crippen LogP contribution in [0.3, 0.4) is 0 Å². The molecule has 2 rings (SSSR count). The highest BCUT2D eigenvalue weighted by molar-refractivity contribution is 5.27. The second-order valence-corrected chi connectivity index (χ2v) is 6.29. The first kappa shape index (κ1) is 14.4. The number of phenolic OH excluding ortho intramolecular Hbond substituents is 1. The highest BCUT2D eigenvalue weighted by Gasteiger charge is 2.29. The maximum absolute atomic E-state index is 9.33. The van der Waals surface area contributed by atoms with Crippen molar-refractivity contribution in [1.82, 2.24) is 0 Å². The van der Waals surface area contributed by atoms with Gasteiger partial charge in [0.25, 0.3) is 0 Å². The molecule has 2 unspecified atom stereocenters. The minimum Gasteiger partial charge on any atom is -0.508 e. The first-order chi connectivity index (χ1) is 9.11. The summed E-state index contributed by atoms with van der Waals surface area (Å²) in [5, 5.41) is 9.33. The van der Waals surface area contributed by atoms with E-state index in [1.165, 1.54) is 37.7 Å². The van der Waals surface area contributed by atoms with Crippen LogP contribution in [0.25, 0.3) is 0 Å². The molecule has 2 nitrogen and oxygen atoms in total. The van der Waals surface area contributed by atoms with Crippen molar-refractivity contribution in [2.75, 3.05) is 0 Å². The molecule has 0 aromatic heterocycles. The van der Waals surface area contributed by atoms with Gasteiger partial charge in [-0.2, -0.15) is 0 Å². The fraction of sp³-hybridized carbons (Fsp3) is 0.647. The SMILES string of the molecule is CCCC1CCCC(N)(Cc2ccc(O)cc2)CC1. The third kappa shape index (κ3) is 4.24. The van der Waals surface area contributed by atoms with Crippen LogP contribution in [0.4, 0.5) is 0 Å². The molecule has 0 spiro atoms. The molecular formula is C17H27NO. The van der Waals surface area contributed by atoms with Gasteiger partial charge in [0.15, 0.2) is 0 Å². The molecular weight excluding hydrogens is 234 g/mol. The molecule has 2 heteroatoms. The van der Waals surface area contributed by atoms with Gasteiger partial charge in [-0.3, -0.25) is 0 Å². The van der Waals surface area contributed by atoms with E-state index in [0.29, 0.717) is 5.75 Å². The van der Waals surface area contributed by atoms with E-state index in [1.807, 2.05) is 12.1 Å². The van der Waals surface area contributed by atoms with Crippen molar-refractivity contribution in [2.24, 2.45) is 11.7 Å². The van der Waals surface area contributed by atoms with Crippen LogP contribution < -0.4 is 5.73 Å². The number of phenols is 1. The van der Waals surface area contributed by atoms with E-state index >= 15 is 0 Å². The average molecular weight is 261 g/mol. The van der Waals surface area contributed by atoms with Crippen LogP contribution in [-0.4, -0.2) is 10.6 Å². The number of rotatable bonds is 4. The Morgan fingerprint density at radius 2 is 1.95 bits per heavy atom. The van der Waals surface area contributed by atoms with Gasteiger partial charge in [0.2, 0.25) is 0 Å². The van der Waals surface area contributed by atoms with Gasteiger partial charge >= 0.3 is 0 Å². The Labute approximate surface area is 117 Å². The third-order valence-corrected chi connectivity index (χ3v) is 4.53. The summed E-state index contributed by atoms with van der Waals surface area (Å²) in [5.41, 5.74) is 7.83. The summed E-state index contributed by atoms with van der Waals surface area (Å²) < 4.78 is 0. The molecule has 0 aliphatic heterocycles. The molecule has 1 fully saturated rings. The summed E-state index contributed by atoms with van der Waals surface area (Å²) >= 11 is 0. The van der Waals surface area contributed by atoms with Crippen LogP contribution in [0.2, 0.25) is 0 Å². The number of aromatic hydroxyl groups is 1. The second-order valence-electron chi connectivity index (χ2n) is 6.29. The highest BCUT2D eigenvalue weighted by atomic mass is 16.3. The van der Waals surface area contributed by atoms with Crippen LogP contribution in [0, 0.1) is 5.92 Å². The molecule has 0 heterocycles. The van der Waals surface area contributed by atoms with Crippen molar-refractivity contribution < 1.29 is 5.11 Å². The highest BCUT2D eigenvalue weighted by Crippen LogP contribution is 2.33. The standard InChI is InChI=1S/C17H27NO/c1-2-4-14-5-3-11-17(18,12-10-14)13-15-6-8-16(19)9-7-15/h6-9,14,19H,2-5,10-13,18H2,1H3. The Bertz CT molecular complexity index is 387. The van der Waals surface area contributed by atoms with Crippen LogP contribution in [-0.2, 0) is 6.42 Å². The number of hydrogen-bond donors (Lipinski definition) is 2. The van der Waals surface area contributed by atoms with Gasteiger partial charge in [-0.05, 0) is 49.3 Å². The van der Waals surface area contributed by atoms with Crippen LogP contribution in [0.5, 0.6) is 5.75 Å². The fourth-order valence-corrected chi connectivity index (χ4v) is 3.40. The summed E-state index contributed by atoms with van der Waals surface area (Å²) in [5.74, 6) is 1.22. The van der Waals surface area contributed by atoms with Crippen molar-refractivity contribution >= 4 is 0 Å². The third-order valence-electron chi connectivity index (χ3n) is 4.53. The van der Waals surface area contributed by atoms with Crippen LogP contribution in [0.15, 0.2) is 24.3 Å². The van der Waals surface area contributed by atoms with E-state index in [-0.39, 0.29) is 5.54 Å². The van der Waals surface area contributed by atoms with E-state index in [4.69, 9.17) is 5.73 Å². The molecule has 106 valence electrons. The molecule has 1 aromatic rings. The summed E-state index contributed by atoms with van der Waals surface area (Å²) in [7, 11) is 0. The Kier molecular flexibility index (Phi) is 4.87. The van der Waals surface area contributed by atoms with Gasteiger partial charge < -0.3 is 10.8 Å². The predicted molar refractivity (Wildman–Crippen MR) is 80.2 cm³/mol. The van der Waals surface area contributed by atoms with E-state index in [1.54, 1.807) is 12.1 Å². The van der Waals surface area contributed by atoms with Crippen LogP contribution >= 0.6 is 0 Å². The lowest BCUT2D eigenvalue weighted by atomic mass is 9.84. The molecule has 0 bridgehead atoms. The summed E-state index contributed by atoms with van der Waals surface area (Å²) in [4.78, 5) is 0. The smallest absolute Gasteiger partial charge is 0.115 e. The van der Waals surface area contributed by atoms with Gasteiger partial charge in [-0.1, -0.05) is 44.7 Å². The maximum Gasteiger partial charge on any atom is 0.115 e. The van der Waals surface area contributed by atoms with Gasteiger partial charge in [-0.25, -0.2) is 0 Å². The lowest BCUT2D eigenvalue weighted by Gasteiger charge is -2.28. The minimum atomic E-state index is -0.0422. The summed E-state index contributed by atoms with van der Waals surface area (Å²) in [6.45, 7) is 2.27. The zero-order chi connectivity index (χ0) is 13.7. The lowest BCUT2D eigenvalue weighted by molar-refractivity contribution is 0.355. The minimum absolute atomic E-state index is 0.0422. The summed E-state index contributed by atoms with van der Waals surface area (Å²) in [6.07, 6.45) is 9.75. The molecule has 2 atom stereocenters. The quantitative estimate of drug-likeness (QED) is 0.804. The van der Waals surface area contributed by atoms with E-state index < -0.39 is 0 Å². The van der Waals surface area contributed by atoms with Crippen LogP contribution in [0.1, 0.15) is 57.4 Å². The molecule has 0 saturated heterocycles. The second kappa shape index (κ2) is 6.42. The van der Waals surface area contributed by atoms with Crippen molar-refractivity contribution in [2.45, 2.75) is 63.8 Å². The topological polar surface area (TPSA) is 46.2 Å². The molecule has 1 aliphatic rings. The largest absolute Gasteiger partial charge is 0.508 e. The van der Waals surface area contributed by atoms with E-state index in [2.05, 4.69) is 6.92 Å². The van der Waals surface area contributed by atoms with E-state index in [0.717, 1.165) is 25.2 Å². The Morgan fingerprint density at radius 3 is 2.63 bits per heavy atom. The van der Waals surface area contributed by atoms with Gasteiger partial charge in [0.05, 0.1) is 0 Å². The number of benzene rings is 1. The Hall–Kier alpha value is -1.02. The molecule has 3 N–H and O–H groups in total. The molecule has 1 aromatic carbocycles. The molecule has 1 aliphatic carbocycles. The first-order valence-corrected chi connectivity index (χ1v) is 7.68. The van der Waals surface area contributed by atoms with Crippen molar-refractivity contribution in [3.05, 3.63) is 29.8 Å². The van der Waals surface area contributed by atoms with Crippen molar-refractivity contribution in [3.63, 3.8) is 0 Å². The zero-order valence-electron chi connectivity index (χ0n) is 12.1. The predicted octanol–water partition coefficient (Wildman–Crippen LogP) is 4.01. The Balaban J connectivity index is 1.96. The average Bonchev–Trinajstić information content (AvgIpc) is 2.56. The van der Waals surface area contributed by atoms with Gasteiger partial charge in [0, 0.05) is 5.54 Å².